The summed E-state index contributed by atoms with van der Waals surface area (Å²) >= 11 is 0. The molecule has 96 valence electrons. The standard InChI is InChI=1S/C14H9F3N2/c15-14(16,17)13-18-8-12(19-13)11-6-5-9-3-1-2-4-10(9)7-11/h1-8H,(H,18,19). The molecule has 3 aromatic rings. The van der Waals surface area contributed by atoms with Gasteiger partial charge in [-0.1, -0.05) is 36.4 Å². The van der Waals surface area contributed by atoms with Crippen LogP contribution in [0.25, 0.3) is 22.0 Å². The smallest absolute Gasteiger partial charge is 0.334 e. The van der Waals surface area contributed by atoms with Crippen LogP contribution in [-0.2, 0) is 6.18 Å². The maximum atomic E-state index is 12.5. The summed E-state index contributed by atoms with van der Waals surface area (Å²) in [6.07, 6.45) is -3.25. The summed E-state index contributed by atoms with van der Waals surface area (Å²) < 4.78 is 37.4. The Morgan fingerprint density at radius 1 is 0.947 bits per heavy atom. The molecule has 0 aliphatic heterocycles. The summed E-state index contributed by atoms with van der Waals surface area (Å²) in [6.45, 7) is 0. The van der Waals surface area contributed by atoms with E-state index in [2.05, 4.69) is 9.97 Å². The van der Waals surface area contributed by atoms with Crippen LogP contribution < -0.4 is 0 Å². The van der Waals surface area contributed by atoms with Gasteiger partial charge in [-0.05, 0) is 16.8 Å². The minimum Gasteiger partial charge on any atom is -0.334 e. The molecule has 1 heterocycles. The van der Waals surface area contributed by atoms with E-state index < -0.39 is 12.0 Å². The number of halogens is 3. The topological polar surface area (TPSA) is 28.7 Å². The Labute approximate surface area is 106 Å². The Bertz CT molecular complexity index is 729. The number of aromatic amines is 1. The summed E-state index contributed by atoms with van der Waals surface area (Å²) in [6, 6.07) is 13.2. The number of H-pyrrole nitrogens is 1. The molecule has 1 N–H and O–H groups in total. The van der Waals surface area contributed by atoms with Crippen molar-refractivity contribution in [2.45, 2.75) is 6.18 Å². The van der Waals surface area contributed by atoms with Crippen molar-refractivity contribution in [2.75, 3.05) is 0 Å². The predicted molar refractivity (Wildman–Crippen MR) is 66.5 cm³/mol. The fourth-order valence-corrected chi connectivity index (χ4v) is 1.97. The molecule has 0 aliphatic carbocycles. The number of rotatable bonds is 1. The first kappa shape index (κ1) is 11.8. The lowest BCUT2D eigenvalue weighted by atomic mass is 10.1. The molecule has 0 radical (unpaired) electrons. The zero-order valence-corrected chi connectivity index (χ0v) is 9.70. The minimum absolute atomic E-state index is 0.359. The van der Waals surface area contributed by atoms with E-state index in [4.69, 9.17) is 0 Å². The Morgan fingerprint density at radius 2 is 1.68 bits per heavy atom. The molecular weight excluding hydrogens is 253 g/mol. The van der Waals surface area contributed by atoms with Crippen molar-refractivity contribution in [3.05, 3.63) is 54.5 Å². The van der Waals surface area contributed by atoms with E-state index in [-0.39, 0.29) is 0 Å². The fourth-order valence-electron chi connectivity index (χ4n) is 1.97. The molecule has 5 heteroatoms. The lowest BCUT2D eigenvalue weighted by Gasteiger charge is -2.02. The van der Waals surface area contributed by atoms with Gasteiger partial charge in [0, 0.05) is 5.56 Å². The number of aromatic nitrogens is 2. The Balaban J connectivity index is 2.07. The van der Waals surface area contributed by atoms with Crippen molar-refractivity contribution >= 4 is 10.8 Å². The van der Waals surface area contributed by atoms with Crippen LogP contribution >= 0.6 is 0 Å². The average molecular weight is 262 g/mol. The van der Waals surface area contributed by atoms with Gasteiger partial charge in [-0.2, -0.15) is 13.2 Å². The van der Waals surface area contributed by atoms with Crippen molar-refractivity contribution in [1.29, 1.82) is 0 Å². The zero-order chi connectivity index (χ0) is 13.5. The maximum Gasteiger partial charge on any atom is 0.449 e. The number of nitrogens with one attached hydrogen (secondary N) is 1. The Kier molecular flexibility index (Phi) is 2.55. The highest BCUT2D eigenvalue weighted by Gasteiger charge is 2.34. The van der Waals surface area contributed by atoms with Crippen LogP contribution in [0.4, 0.5) is 13.2 Å². The van der Waals surface area contributed by atoms with Gasteiger partial charge in [-0.15, -0.1) is 0 Å². The van der Waals surface area contributed by atoms with Gasteiger partial charge in [0.05, 0.1) is 11.9 Å². The number of hydrogen-bond donors (Lipinski definition) is 1. The van der Waals surface area contributed by atoms with Gasteiger partial charge in [0.15, 0.2) is 0 Å². The molecule has 0 unspecified atom stereocenters. The molecule has 2 aromatic carbocycles. The summed E-state index contributed by atoms with van der Waals surface area (Å²) in [5.74, 6) is -0.976. The second kappa shape index (κ2) is 4.12. The highest BCUT2D eigenvalue weighted by atomic mass is 19.4. The monoisotopic (exact) mass is 262 g/mol. The lowest BCUT2D eigenvalue weighted by molar-refractivity contribution is -0.144. The van der Waals surface area contributed by atoms with E-state index >= 15 is 0 Å². The van der Waals surface area contributed by atoms with Crippen molar-refractivity contribution in [1.82, 2.24) is 9.97 Å². The summed E-state index contributed by atoms with van der Waals surface area (Å²) in [7, 11) is 0. The van der Waals surface area contributed by atoms with Crippen LogP contribution in [0.5, 0.6) is 0 Å². The Hall–Kier alpha value is -2.30. The van der Waals surface area contributed by atoms with Gasteiger partial charge < -0.3 is 4.98 Å². The number of imidazole rings is 1. The molecule has 19 heavy (non-hydrogen) atoms. The van der Waals surface area contributed by atoms with Crippen LogP contribution in [0.15, 0.2) is 48.7 Å². The second-order valence-electron chi connectivity index (χ2n) is 4.21. The van der Waals surface area contributed by atoms with E-state index in [0.29, 0.717) is 11.3 Å². The summed E-state index contributed by atoms with van der Waals surface area (Å²) in [4.78, 5) is 5.66. The number of hydrogen-bond acceptors (Lipinski definition) is 1. The summed E-state index contributed by atoms with van der Waals surface area (Å²) in [5, 5.41) is 2.02. The van der Waals surface area contributed by atoms with Gasteiger partial charge in [0.2, 0.25) is 5.82 Å². The highest BCUT2D eigenvalue weighted by molar-refractivity contribution is 5.86. The lowest BCUT2D eigenvalue weighted by Crippen LogP contribution is -2.07. The van der Waals surface area contributed by atoms with Gasteiger partial charge in [0.1, 0.15) is 0 Å². The molecule has 3 rings (SSSR count). The molecular formula is C14H9F3N2. The van der Waals surface area contributed by atoms with Crippen molar-refractivity contribution in [3.63, 3.8) is 0 Å². The van der Waals surface area contributed by atoms with Gasteiger partial charge in [-0.3, -0.25) is 0 Å². The van der Waals surface area contributed by atoms with Crippen molar-refractivity contribution in [2.24, 2.45) is 0 Å². The van der Waals surface area contributed by atoms with Crippen LogP contribution in [0, 0.1) is 0 Å². The SMILES string of the molecule is FC(F)(F)c1ncc(-c2ccc3ccccc3c2)[nH]1. The van der Waals surface area contributed by atoms with Crippen LogP contribution in [0.3, 0.4) is 0 Å². The van der Waals surface area contributed by atoms with Crippen molar-refractivity contribution in [3.8, 4) is 11.3 Å². The molecule has 0 fully saturated rings. The molecule has 0 spiro atoms. The molecule has 0 saturated carbocycles. The van der Waals surface area contributed by atoms with E-state index in [1.165, 1.54) is 6.20 Å². The number of benzene rings is 2. The minimum atomic E-state index is -4.45. The first-order valence-corrected chi connectivity index (χ1v) is 5.65. The van der Waals surface area contributed by atoms with Crippen LogP contribution in [-0.4, -0.2) is 9.97 Å². The van der Waals surface area contributed by atoms with E-state index in [1.54, 1.807) is 6.07 Å². The van der Waals surface area contributed by atoms with E-state index in [9.17, 15) is 13.2 Å². The highest BCUT2D eigenvalue weighted by Crippen LogP contribution is 2.29. The summed E-state index contributed by atoms with van der Waals surface area (Å²) in [5.41, 5.74) is 1.04. The van der Waals surface area contributed by atoms with E-state index in [0.717, 1.165) is 10.8 Å². The van der Waals surface area contributed by atoms with Gasteiger partial charge in [-0.25, -0.2) is 4.98 Å². The second-order valence-corrected chi connectivity index (χ2v) is 4.21. The number of fused-ring (bicyclic) bond motifs is 1. The molecule has 0 saturated heterocycles. The first-order valence-electron chi connectivity index (χ1n) is 5.65. The van der Waals surface area contributed by atoms with Crippen molar-refractivity contribution < 1.29 is 13.2 Å². The first-order chi connectivity index (χ1) is 9.04. The Morgan fingerprint density at radius 3 is 2.37 bits per heavy atom. The molecule has 1 aromatic heterocycles. The van der Waals surface area contributed by atoms with E-state index in [1.807, 2.05) is 36.4 Å². The molecule has 2 nitrogen and oxygen atoms in total. The predicted octanol–water partition coefficient (Wildman–Crippen LogP) is 4.25. The van der Waals surface area contributed by atoms with Crippen LogP contribution in [0.1, 0.15) is 5.82 Å². The third kappa shape index (κ3) is 2.19. The molecule has 0 amide bonds. The third-order valence-electron chi connectivity index (χ3n) is 2.90. The average Bonchev–Trinajstić information content (AvgIpc) is 2.87. The molecule has 0 aliphatic rings. The molecule has 0 atom stereocenters. The number of alkyl halides is 3. The quantitative estimate of drug-likeness (QED) is 0.697. The zero-order valence-electron chi connectivity index (χ0n) is 9.70. The van der Waals surface area contributed by atoms with Gasteiger partial charge in [0.25, 0.3) is 0 Å². The van der Waals surface area contributed by atoms with Gasteiger partial charge >= 0.3 is 6.18 Å². The normalized spacial score (nSPS) is 11.9. The third-order valence-corrected chi connectivity index (χ3v) is 2.90. The number of nitrogens with zero attached hydrogens (tertiary/aromatic N) is 1. The molecule has 0 bridgehead atoms. The fraction of sp³-hybridized carbons (Fsp3) is 0.0714. The maximum absolute atomic E-state index is 12.5. The largest absolute Gasteiger partial charge is 0.449 e. The van der Waals surface area contributed by atoms with Crippen LogP contribution in [0.2, 0.25) is 0 Å².